The molecule has 0 radical (unpaired) electrons. The third-order valence-electron chi connectivity index (χ3n) is 2.34. The van der Waals surface area contributed by atoms with Crippen molar-refractivity contribution in [3.8, 4) is 0 Å². The Hall–Kier alpha value is -0.820. The minimum atomic E-state index is -0.166. The number of hydrogen-bond donors (Lipinski definition) is 1. The molecule has 0 spiro atoms. The molecule has 1 unspecified atom stereocenters. The van der Waals surface area contributed by atoms with Gasteiger partial charge in [0.05, 0.1) is 6.10 Å². The molecule has 1 atom stereocenters. The van der Waals surface area contributed by atoms with E-state index in [2.05, 4.69) is 26.0 Å². The molecule has 1 aromatic carbocycles. The molecule has 72 valence electrons. The second-order valence-corrected chi connectivity index (χ2v) is 3.84. The molecule has 0 aliphatic heterocycles. The maximum Gasteiger partial charge on any atom is 0.0566 e. The standard InChI is InChI=1S/C12H18O/c1-10(2)12(13)9-8-11-6-4-3-5-7-11/h3-7,10,12-13H,8-9H2,1-2H3. The van der Waals surface area contributed by atoms with Crippen molar-refractivity contribution in [1.82, 2.24) is 0 Å². The molecule has 13 heavy (non-hydrogen) atoms. The van der Waals surface area contributed by atoms with Crippen molar-refractivity contribution in [1.29, 1.82) is 0 Å². The fourth-order valence-corrected chi connectivity index (χ4v) is 1.29. The van der Waals surface area contributed by atoms with Crippen molar-refractivity contribution >= 4 is 0 Å². The SMILES string of the molecule is CC(C)C(O)CCc1ccccc1. The third-order valence-corrected chi connectivity index (χ3v) is 2.34. The van der Waals surface area contributed by atoms with Gasteiger partial charge in [-0.05, 0) is 24.3 Å². The lowest BCUT2D eigenvalue weighted by Crippen LogP contribution is -2.15. The Morgan fingerprint density at radius 1 is 1.15 bits per heavy atom. The van der Waals surface area contributed by atoms with Gasteiger partial charge in [0.1, 0.15) is 0 Å². The number of aliphatic hydroxyl groups is 1. The number of benzene rings is 1. The summed E-state index contributed by atoms with van der Waals surface area (Å²) in [6.45, 7) is 4.10. The summed E-state index contributed by atoms with van der Waals surface area (Å²) in [7, 11) is 0. The highest BCUT2D eigenvalue weighted by Crippen LogP contribution is 2.10. The first kappa shape index (κ1) is 10.3. The zero-order valence-corrected chi connectivity index (χ0v) is 8.40. The fourth-order valence-electron chi connectivity index (χ4n) is 1.29. The molecular formula is C12H18O. The first-order valence-corrected chi connectivity index (χ1v) is 4.92. The number of aryl methyl sites for hydroxylation is 1. The van der Waals surface area contributed by atoms with Gasteiger partial charge in [-0.3, -0.25) is 0 Å². The van der Waals surface area contributed by atoms with Crippen molar-refractivity contribution in [2.45, 2.75) is 32.8 Å². The molecule has 0 aliphatic carbocycles. The predicted molar refractivity (Wildman–Crippen MR) is 55.6 cm³/mol. The highest BCUT2D eigenvalue weighted by Gasteiger charge is 2.08. The van der Waals surface area contributed by atoms with Gasteiger partial charge in [-0.15, -0.1) is 0 Å². The summed E-state index contributed by atoms with van der Waals surface area (Å²) in [4.78, 5) is 0. The molecule has 0 amide bonds. The molecule has 1 N–H and O–H groups in total. The summed E-state index contributed by atoms with van der Waals surface area (Å²) in [5, 5.41) is 9.59. The van der Waals surface area contributed by atoms with Crippen molar-refractivity contribution in [2.24, 2.45) is 5.92 Å². The lowest BCUT2D eigenvalue weighted by atomic mass is 9.99. The summed E-state index contributed by atoms with van der Waals surface area (Å²) in [5.41, 5.74) is 1.31. The van der Waals surface area contributed by atoms with Gasteiger partial charge >= 0.3 is 0 Å². The van der Waals surface area contributed by atoms with Gasteiger partial charge in [-0.25, -0.2) is 0 Å². The van der Waals surface area contributed by atoms with E-state index in [-0.39, 0.29) is 6.10 Å². The van der Waals surface area contributed by atoms with Gasteiger partial charge in [0.2, 0.25) is 0 Å². The molecule has 1 nitrogen and oxygen atoms in total. The Morgan fingerprint density at radius 2 is 1.77 bits per heavy atom. The van der Waals surface area contributed by atoms with E-state index in [1.165, 1.54) is 5.56 Å². The van der Waals surface area contributed by atoms with E-state index in [1.54, 1.807) is 0 Å². The second-order valence-electron chi connectivity index (χ2n) is 3.84. The van der Waals surface area contributed by atoms with E-state index in [9.17, 15) is 5.11 Å². The largest absolute Gasteiger partial charge is 0.393 e. The van der Waals surface area contributed by atoms with Crippen LogP contribution in [-0.4, -0.2) is 11.2 Å². The van der Waals surface area contributed by atoms with Gasteiger partial charge < -0.3 is 5.11 Å². The minimum Gasteiger partial charge on any atom is -0.393 e. The molecule has 0 saturated carbocycles. The highest BCUT2D eigenvalue weighted by atomic mass is 16.3. The molecule has 0 bridgehead atoms. The maximum absolute atomic E-state index is 9.59. The van der Waals surface area contributed by atoms with Crippen molar-refractivity contribution in [3.05, 3.63) is 35.9 Å². The summed E-state index contributed by atoms with van der Waals surface area (Å²) < 4.78 is 0. The highest BCUT2D eigenvalue weighted by molar-refractivity contribution is 5.14. The molecule has 1 rings (SSSR count). The average Bonchev–Trinajstić information content (AvgIpc) is 2.15. The first-order valence-electron chi connectivity index (χ1n) is 4.92. The Kier molecular flexibility index (Phi) is 3.97. The zero-order chi connectivity index (χ0) is 9.68. The minimum absolute atomic E-state index is 0.166. The maximum atomic E-state index is 9.59. The van der Waals surface area contributed by atoms with Gasteiger partial charge in [-0.1, -0.05) is 44.2 Å². The smallest absolute Gasteiger partial charge is 0.0566 e. The summed E-state index contributed by atoms with van der Waals surface area (Å²) in [6.07, 6.45) is 1.67. The molecule has 0 saturated heterocycles. The third kappa shape index (κ3) is 3.60. The van der Waals surface area contributed by atoms with Crippen LogP contribution >= 0.6 is 0 Å². The van der Waals surface area contributed by atoms with Crippen molar-refractivity contribution in [2.75, 3.05) is 0 Å². The van der Waals surface area contributed by atoms with E-state index < -0.39 is 0 Å². The van der Waals surface area contributed by atoms with E-state index in [0.717, 1.165) is 12.8 Å². The van der Waals surface area contributed by atoms with Gasteiger partial charge in [0.15, 0.2) is 0 Å². The molecular weight excluding hydrogens is 160 g/mol. The summed E-state index contributed by atoms with van der Waals surface area (Å²) >= 11 is 0. The van der Waals surface area contributed by atoms with Crippen LogP contribution in [0.2, 0.25) is 0 Å². The molecule has 0 aromatic heterocycles. The van der Waals surface area contributed by atoms with Gasteiger partial charge in [-0.2, -0.15) is 0 Å². The van der Waals surface area contributed by atoms with Crippen LogP contribution in [0, 0.1) is 5.92 Å². The molecule has 0 aliphatic rings. The average molecular weight is 178 g/mol. The molecule has 1 aromatic rings. The van der Waals surface area contributed by atoms with Crippen LogP contribution in [0.15, 0.2) is 30.3 Å². The van der Waals surface area contributed by atoms with Crippen LogP contribution in [0.1, 0.15) is 25.8 Å². The summed E-state index contributed by atoms with van der Waals surface area (Å²) in [5.74, 6) is 0.365. The molecule has 0 heterocycles. The van der Waals surface area contributed by atoms with Crippen molar-refractivity contribution in [3.63, 3.8) is 0 Å². The van der Waals surface area contributed by atoms with Gasteiger partial charge in [0, 0.05) is 0 Å². The number of aliphatic hydroxyl groups excluding tert-OH is 1. The molecule has 1 heteroatoms. The van der Waals surface area contributed by atoms with Crippen LogP contribution in [0.3, 0.4) is 0 Å². The van der Waals surface area contributed by atoms with Gasteiger partial charge in [0.25, 0.3) is 0 Å². The fraction of sp³-hybridized carbons (Fsp3) is 0.500. The lowest BCUT2D eigenvalue weighted by molar-refractivity contribution is 0.116. The van der Waals surface area contributed by atoms with Crippen molar-refractivity contribution < 1.29 is 5.11 Å². The first-order chi connectivity index (χ1) is 6.20. The number of rotatable bonds is 4. The van der Waals surface area contributed by atoms with E-state index in [4.69, 9.17) is 0 Å². The normalized spacial score (nSPS) is 13.2. The topological polar surface area (TPSA) is 20.2 Å². The van der Waals surface area contributed by atoms with Crippen LogP contribution < -0.4 is 0 Å². The monoisotopic (exact) mass is 178 g/mol. The van der Waals surface area contributed by atoms with Crippen LogP contribution in [0.5, 0.6) is 0 Å². The van der Waals surface area contributed by atoms with E-state index in [1.807, 2.05) is 18.2 Å². The van der Waals surface area contributed by atoms with E-state index in [0.29, 0.717) is 5.92 Å². The Labute approximate surface area is 80.4 Å². The Bertz CT molecular complexity index is 228. The predicted octanol–water partition coefficient (Wildman–Crippen LogP) is 2.64. The Balaban J connectivity index is 2.35. The zero-order valence-electron chi connectivity index (χ0n) is 8.40. The molecule has 0 fully saturated rings. The second kappa shape index (κ2) is 5.03. The Morgan fingerprint density at radius 3 is 2.31 bits per heavy atom. The van der Waals surface area contributed by atoms with Crippen LogP contribution in [0.25, 0.3) is 0 Å². The quantitative estimate of drug-likeness (QED) is 0.751. The number of hydrogen-bond acceptors (Lipinski definition) is 1. The van der Waals surface area contributed by atoms with E-state index >= 15 is 0 Å². The summed E-state index contributed by atoms with van der Waals surface area (Å²) in [6, 6.07) is 10.3. The van der Waals surface area contributed by atoms with Crippen LogP contribution in [0.4, 0.5) is 0 Å². The lowest BCUT2D eigenvalue weighted by Gasteiger charge is -2.13. The van der Waals surface area contributed by atoms with Crippen LogP contribution in [-0.2, 0) is 6.42 Å².